The van der Waals surface area contributed by atoms with Crippen LogP contribution in [0.1, 0.15) is 24.2 Å². The molecule has 0 aliphatic rings. The summed E-state index contributed by atoms with van der Waals surface area (Å²) in [7, 11) is 0. The zero-order valence-electron chi connectivity index (χ0n) is 15.8. The van der Waals surface area contributed by atoms with Gasteiger partial charge in [0.1, 0.15) is 5.82 Å². The van der Waals surface area contributed by atoms with Crippen LogP contribution in [0.2, 0.25) is 0 Å². The summed E-state index contributed by atoms with van der Waals surface area (Å²) in [6.07, 6.45) is -0.530. The summed E-state index contributed by atoms with van der Waals surface area (Å²) in [4.78, 5) is 9.33. The van der Waals surface area contributed by atoms with Gasteiger partial charge in [0, 0.05) is 16.8 Å². The van der Waals surface area contributed by atoms with E-state index in [0.717, 1.165) is 33.7 Å². The Morgan fingerprint density at radius 2 is 1.61 bits per heavy atom. The first-order chi connectivity index (χ1) is 13.6. The minimum Gasteiger partial charge on any atom is -0.389 e. The molecule has 4 rings (SSSR count). The fraction of sp³-hybridized carbons (Fsp3) is 0.130. The SMILES string of the molecule is Cc1ccc(Nc2nc(Nc3cccc(C(C)O)c3)nc3ccccc23)cc1. The Balaban J connectivity index is 1.71. The fourth-order valence-electron chi connectivity index (χ4n) is 3.01. The molecule has 1 heterocycles. The summed E-state index contributed by atoms with van der Waals surface area (Å²) in [5.74, 6) is 1.24. The maximum atomic E-state index is 9.81. The lowest BCUT2D eigenvalue weighted by molar-refractivity contribution is 0.199. The van der Waals surface area contributed by atoms with Gasteiger partial charge in [-0.2, -0.15) is 4.98 Å². The van der Waals surface area contributed by atoms with Gasteiger partial charge in [-0.1, -0.05) is 42.0 Å². The van der Waals surface area contributed by atoms with Gasteiger partial charge in [-0.05, 0) is 55.8 Å². The van der Waals surface area contributed by atoms with E-state index in [-0.39, 0.29) is 0 Å². The molecule has 1 atom stereocenters. The molecule has 3 aromatic carbocycles. The molecule has 0 aliphatic carbocycles. The second kappa shape index (κ2) is 7.66. The van der Waals surface area contributed by atoms with Gasteiger partial charge in [0.05, 0.1) is 11.6 Å². The van der Waals surface area contributed by atoms with E-state index in [4.69, 9.17) is 4.98 Å². The number of benzene rings is 3. The number of aromatic nitrogens is 2. The van der Waals surface area contributed by atoms with Gasteiger partial charge in [0.25, 0.3) is 0 Å². The summed E-state index contributed by atoms with van der Waals surface area (Å²) < 4.78 is 0. The number of aliphatic hydroxyl groups is 1. The average molecular weight is 370 g/mol. The molecule has 0 aliphatic heterocycles. The predicted octanol–water partition coefficient (Wildman–Crippen LogP) is 5.48. The number of rotatable bonds is 5. The Labute approximate surface area is 164 Å². The Kier molecular flexibility index (Phi) is 4.91. The molecule has 5 nitrogen and oxygen atoms in total. The number of fused-ring (bicyclic) bond motifs is 1. The predicted molar refractivity (Wildman–Crippen MR) is 114 cm³/mol. The first-order valence-corrected chi connectivity index (χ1v) is 9.24. The maximum Gasteiger partial charge on any atom is 0.229 e. The molecule has 0 saturated heterocycles. The van der Waals surface area contributed by atoms with Crippen molar-refractivity contribution in [3.63, 3.8) is 0 Å². The Morgan fingerprint density at radius 3 is 2.39 bits per heavy atom. The number of anilines is 4. The lowest BCUT2D eigenvalue weighted by Crippen LogP contribution is -2.03. The third kappa shape index (κ3) is 3.94. The van der Waals surface area contributed by atoms with E-state index in [0.29, 0.717) is 5.95 Å². The molecule has 4 aromatic rings. The number of hydrogen-bond donors (Lipinski definition) is 3. The minimum atomic E-state index is -0.530. The van der Waals surface area contributed by atoms with Crippen LogP contribution in [0.15, 0.2) is 72.8 Å². The fourth-order valence-corrected chi connectivity index (χ4v) is 3.01. The zero-order chi connectivity index (χ0) is 19.5. The molecular weight excluding hydrogens is 348 g/mol. The molecular formula is C23H22N4O. The van der Waals surface area contributed by atoms with Crippen molar-refractivity contribution in [2.24, 2.45) is 0 Å². The highest BCUT2D eigenvalue weighted by atomic mass is 16.3. The van der Waals surface area contributed by atoms with Crippen LogP contribution in [-0.2, 0) is 0 Å². The van der Waals surface area contributed by atoms with Gasteiger partial charge in [0.15, 0.2) is 0 Å². The first-order valence-electron chi connectivity index (χ1n) is 9.24. The van der Waals surface area contributed by atoms with Crippen molar-refractivity contribution in [2.75, 3.05) is 10.6 Å². The van der Waals surface area contributed by atoms with Gasteiger partial charge in [-0.3, -0.25) is 0 Å². The monoisotopic (exact) mass is 370 g/mol. The summed E-state index contributed by atoms with van der Waals surface area (Å²) >= 11 is 0. The third-order valence-electron chi connectivity index (χ3n) is 4.54. The zero-order valence-corrected chi connectivity index (χ0v) is 15.8. The molecule has 0 saturated carbocycles. The molecule has 1 aromatic heterocycles. The highest BCUT2D eigenvalue weighted by molar-refractivity contribution is 5.92. The normalized spacial score (nSPS) is 12.0. The van der Waals surface area contributed by atoms with Crippen LogP contribution >= 0.6 is 0 Å². The smallest absolute Gasteiger partial charge is 0.229 e. The minimum absolute atomic E-state index is 0.496. The molecule has 140 valence electrons. The summed E-state index contributed by atoms with van der Waals surface area (Å²) in [5.41, 5.74) is 4.69. The highest BCUT2D eigenvalue weighted by Crippen LogP contribution is 2.27. The molecule has 28 heavy (non-hydrogen) atoms. The molecule has 5 heteroatoms. The molecule has 0 radical (unpaired) electrons. The van der Waals surface area contributed by atoms with Crippen molar-refractivity contribution < 1.29 is 5.11 Å². The van der Waals surface area contributed by atoms with Gasteiger partial charge in [-0.15, -0.1) is 0 Å². The van der Waals surface area contributed by atoms with Gasteiger partial charge >= 0.3 is 0 Å². The number of aliphatic hydroxyl groups excluding tert-OH is 1. The number of nitrogens with one attached hydrogen (secondary N) is 2. The van der Waals surface area contributed by atoms with Gasteiger partial charge < -0.3 is 15.7 Å². The third-order valence-corrected chi connectivity index (χ3v) is 4.54. The Morgan fingerprint density at radius 1 is 0.821 bits per heavy atom. The van der Waals surface area contributed by atoms with E-state index in [1.54, 1.807) is 6.92 Å². The molecule has 1 unspecified atom stereocenters. The summed E-state index contributed by atoms with van der Waals surface area (Å²) in [6.45, 7) is 3.81. The quantitative estimate of drug-likeness (QED) is 0.434. The van der Waals surface area contributed by atoms with E-state index in [9.17, 15) is 5.11 Å². The van der Waals surface area contributed by atoms with E-state index >= 15 is 0 Å². The van der Waals surface area contributed by atoms with Crippen LogP contribution < -0.4 is 10.6 Å². The molecule has 0 amide bonds. The van der Waals surface area contributed by atoms with Crippen LogP contribution in [0.25, 0.3) is 10.9 Å². The largest absolute Gasteiger partial charge is 0.389 e. The Hall–Kier alpha value is -3.44. The second-order valence-electron chi connectivity index (χ2n) is 6.83. The van der Waals surface area contributed by atoms with E-state index in [1.807, 2.05) is 60.7 Å². The molecule has 0 fully saturated rings. The van der Waals surface area contributed by atoms with Crippen molar-refractivity contribution >= 4 is 34.0 Å². The number of hydrogen-bond acceptors (Lipinski definition) is 5. The van der Waals surface area contributed by atoms with Crippen molar-refractivity contribution in [3.8, 4) is 0 Å². The van der Waals surface area contributed by atoms with Gasteiger partial charge in [-0.25, -0.2) is 4.98 Å². The second-order valence-corrected chi connectivity index (χ2v) is 6.83. The van der Waals surface area contributed by atoms with Crippen molar-refractivity contribution in [3.05, 3.63) is 83.9 Å². The van der Waals surface area contributed by atoms with Gasteiger partial charge in [0.2, 0.25) is 5.95 Å². The van der Waals surface area contributed by atoms with Crippen molar-refractivity contribution in [1.82, 2.24) is 9.97 Å². The van der Waals surface area contributed by atoms with Crippen LogP contribution in [0.3, 0.4) is 0 Å². The number of para-hydroxylation sites is 1. The van der Waals surface area contributed by atoms with E-state index < -0.39 is 6.10 Å². The van der Waals surface area contributed by atoms with Crippen LogP contribution in [0, 0.1) is 6.92 Å². The topological polar surface area (TPSA) is 70.1 Å². The van der Waals surface area contributed by atoms with Crippen LogP contribution in [-0.4, -0.2) is 15.1 Å². The molecule has 0 bridgehead atoms. The number of aryl methyl sites for hydroxylation is 1. The van der Waals surface area contributed by atoms with Crippen molar-refractivity contribution in [1.29, 1.82) is 0 Å². The lowest BCUT2D eigenvalue weighted by atomic mass is 10.1. The maximum absolute atomic E-state index is 9.81. The van der Waals surface area contributed by atoms with E-state index in [1.165, 1.54) is 5.56 Å². The number of nitrogens with zero attached hydrogens (tertiary/aromatic N) is 2. The van der Waals surface area contributed by atoms with Crippen LogP contribution in [0.4, 0.5) is 23.1 Å². The Bertz CT molecular complexity index is 1110. The standard InChI is InChI=1S/C23H22N4O/c1-15-10-12-18(13-11-15)24-22-20-8-3-4-9-21(20)26-23(27-22)25-19-7-5-6-17(14-19)16(2)28/h3-14,16,28H,1-2H3,(H2,24,25,26,27). The van der Waals surface area contributed by atoms with Crippen molar-refractivity contribution in [2.45, 2.75) is 20.0 Å². The van der Waals surface area contributed by atoms with E-state index in [2.05, 4.69) is 34.7 Å². The highest BCUT2D eigenvalue weighted by Gasteiger charge is 2.09. The first kappa shape index (κ1) is 17.9. The lowest BCUT2D eigenvalue weighted by Gasteiger charge is -2.13. The van der Waals surface area contributed by atoms with Crippen LogP contribution in [0.5, 0.6) is 0 Å². The summed E-state index contributed by atoms with van der Waals surface area (Å²) in [5, 5.41) is 17.4. The molecule has 3 N–H and O–H groups in total. The molecule has 0 spiro atoms. The summed E-state index contributed by atoms with van der Waals surface area (Å²) in [6, 6.07) is 23.7. The average Bonchev–Trinajstić information content (AvgIpc) is 2.70.